The number of thioether (sulfide) groups is 1. The topological polar surface area (TPSA) is 46.2 Å². The number of carbonyl (C=O) groups excluding carboxylic acids is 2. The van der Waals surface area contributed by atoms with E-state index in [1.54, 1.807) is 24.3 Å². The fraction of sp³-hybridized carbons (Fsp3) is 0.176. The number of amides is 1. The van der Waals surface area contributed by atoms with E-state index in [2.05, 4.69) is 5.32 Å². The Morgan fingerprint density at radius 3 is 2.57 bits per heavy atom. The molecule has 0 radical (unpaired) electrons. The van der Waals surface area contributed by atoms with E-state index in [0.717, 1.165) is 10.5 Å². The van der Waals surface area contributed by atoms with E-state index < -0.39 is 0 Å². The number of Topliss-reactive ketones (excluding diaryl/α,β-unsaturated/α-hetero) is 1. The molecule has 0 aliphatic heterocycles. The van der Waals surface area contributed by atoms with Crippen molar-refractivity contribution in [2.75, 3.05) is 11.1 Å². The van der Waals surface area contributed by atoms with Crippen LogP contribution in [0.4, 0.5) is 5.69 Å². The summed E-state index contributed by atoms with van der Waals surface area (Å²) in [5.74, 6) is 0.249. The van der Waals surface area contributed by atoms with Gasteiger partial charge in [-0.1, -0.05) is 30.3 Å². The second-order valence-corrected chi connectivity index (χ2v) is 5.76. The molecule has 108 valence electrons. The van der Waals surface area contributed by atoms with Crippen molar-refractivity contribution in [1.82, 2.24) is 0 Å². The highest BCUT2D eigenvalue weighted by molar-refractivity contribution is 8.00. The molecule has 0 bridgehead atoms. The second kappa shape index (κ2) is 7.09. The molecule has 2 aromatic rings. The van der Waals surface area contributed by atoms with Crippen molar-refractivity contribution in [1.29, 1.82) is 0 Å². The molecule has 0 fully saturated rings. The Bertz CT molecular complexity index is 667. The molecule has 0 spiro atoms. The van der Waals surface area contributed by atoms with Gasteiger partial charge in [-0.05, 0) is 37.6 Å². The molecule has 1 N–H and O–H groups in total. The van der Waals surface area contributed by atoms with Crippen molar-refractivity contribution < 1.29 is 9.59 Å². The van der Waals surface area contributed by atoms with E-state index in [0.29, 0.717) is 17.0 Å². The largest absolute Gasteiger partial charge is 0.325 e. The Balaban J connectivity index is 1.95. The Morgan fingerprint density at radius 2 is 1.86 bits per heavy atom. The first kappa shape index (κ1) is 15.3. The summed E-state index contributed by atoms with van der Waals surface area (Å²) in [5.41, 5.74) is 2.41. The third-order valence-electron chi connectivity index (χ3n) is 3.01. The van der Waals surface area contributed by atoms with Crippen LogP contribution in [-0.2, 0) is 4.79 Å². The van der Waals surface area contributed by atoms with E-state index in [1.807, 2.05) is 31.2 Å². The van der Waals surface area contributed by atoms with Crippen LogP contribution in [0.1, 0.15) is 22.8 Å². The van der Waals surface area contributed by atoms with Crippen LogP contribution in [0.3, 0.4) is 0 Å². The summed E-state index contributed by atoms with van der Waals surface area (Å²) in [6.07, 6.45) is 0. The lowest BCUT2D eigenvalue weighted by Crippen LogP contribution is -2.14. The maximum absolute atomic E-state index is 12.0. The predicted molar refractivity (Wildman–Crippen MR) is 87.0 cm³/mol. The van der Waals surface area contributed by atoms with Gasteiger partial charge >= 0.3 is 0 Å². The van der Waals surface area contributed by atoms with Crippen molar-refractivity contribution in [2.45, 2.75) is 18.7 Å². The predicted octanol–water partition coefficient (Wildman–Crippen LogP) is 3.93. The van der Waals surface area contributed by atoms with Crippen molar-refractivity contribution in [3.8, 4) is 0 Å². The number of aryl methyl sites for hydroxylation is 1. The van der Waals surface area contributed by atoms with Gasteiger partial charge in [0.1, 0.15) is 0 Å². The van der Waals surface area contributed by atoms with Gasteiger partial charge < -0.3 is 5.32 Å². The SMILES string of the molecule is CC(=O)c1cccc(NC(=O)CSc2ccccc2C)c1. The monoisotopic (exact) mass is 299 g/mol. The number of anilines is 1. The van der Waals surface area contributed by atoms with Gasteiger partial charge in [-0.15, -0.1) is 11.8 Å². The molecule has 0 aromatic heterocycles. The van der Waals surface area contributed by atoms with E-state index >= 15 is 0 Å². The highest BCUT2D eigenvalue weighted by Gasteiger charge is 2.06. The van der Waals surface area contributed by atoms with Crippen molar-refractivity contribution in [2.24, 2.45) is 0 Å². The van der Waals surface area contributed by atoms with Gasteiger partial charge in [0, 0.05) is 16.1 Å². The highest BCUT2D eigenvalue weighted by atomic mass is 32.2. The standard InChI is InChI=1S/C17H17NO2S/c1-12-6-3-4-9-16(12)21-11-17(20)18-15-8-5-7-14(10-15)13(2)19/h3-10H,11H2,1-2H3,(H,18,20). The van der Waals surface area contributed by atoms with Crippen molar-refractivity contribution in [3.63, 3.8) is 0 Å². The van der Waals surface area contributed by atoms with Crippen LogP contribution >= 0.6 is 11.8 Å². The summed E-state index contributed by atoms with van der Waals surface area (Å²) in [4.78, 5) is 24.4. The zero-order chi connectivity index (χ0) is 15.2. The van der Waals surface area contributed by atoms with Crippen LogP contribution in [0.15, 0.2) is 53.4 Å². The molecule has 0 unspecified atom stereocenters. The van der Waals surface area contributed by atoms with Crippen molar-refractivity contribution in [3.05, 3.63) is 59.7 Å². The Morgan fingerprint density at radius 1 is 1.10 bits per heavy atom. The van der Waals surface area contributed by atoms with Crippen molar-refractivity contribution >= 4 is 29.1 Å². The molecule has 2 rings (SSSR count). The minimum atomic E-state index is -0.0797. The first-order chi connectivity index (χ1) is 10.1. The number of ketones is 1. The average Bonchev–Trinajstić information content (AvgIpc) is 2.46. The van der Waals surface area contributed by atoms with E-state index in [-0.39, 0.29) is 11.7 Å². The van der Waals surface area contributed by atoms with Crippen LogP contribution < -0.4 is 5.32 Å². The third-order valence-corrected chi connectivity index (χ3v) is 4.18. The lowest BCUT2D eigenvalue weighted by molar-refractivity contribution is -0.113. The van der Waals surface area contributed by atoms with E-state index in [9.17, 15) is 9.59 Å². The molecule has 3 nitrogen and oxygen atoms in total. The van der Waals surface area contributed by atoms with Gasteiger partial charge in [-0.3, -0.25) is 9.59 Å². The van der Waals surface area contributed by atoms with Crippen LogP contribution in [0.25, 0.3) is 0 Å². The molecule has 0 atom stereocenters. The van der Waals surface area contributed by atoms with Crippen LogP contribution in [0.5, 0.6) is 0 Å². The lowest BCUT2D eigenvalue weighted by Gasteiger charge is -2.07. The molecular weight excluding hydrogens is 282 g/mol. The number of nitrogens with one attached hydrogen (secondary N) is 1. The smallest absolute Gasteiger partial charge is 0.234 e. The number of hydrogen-bond donors (Lipinski definition) is 1. The Hall–Kier alpha value is -2.07. The Kier molecular flexibility index (Phi) is 5.17. The molecule has 1 amide bonds. The number of benzene rings is 2. The molecular formula is C17H17NO2S. The average molecular weight is 299 g/mol. The van der Waals surface area contributed by atoms with Crippen LogP contribution in [0.2, 0.25) is 0 Å². The maximum atomic E-state index is 12.0. The lowest BCUT2D eigenvalue weighted by atomic mass is 10.1. The maximum Gasteiger partial charge on any atom is 0.234 e. The minimum Gasteiger partial charge on any atom is -0.325 e. The number of hydrogen-bond acceptors (Lipinski definition) is 3. The third kappa shape index (κ3) is 4.46. The first-order valence-corrected chi connectivity index (χ1v) is 7.64. The number of carbonyl (C=O) groups is 2. The van der Waals surface area contributed by atoms with E-state index in [1.165, 1.54) is 18.7 Å². The molecule has 0 aliphatic carbocycles. The summed E-state index contributed by atoms with van der Waals surface area (Å²) in [5, 5.41) is 2.81. The summed E-state index contributed by atoms with van der Waals surface area (Å²) in [7, 11) is 0. The molecule has 0 saturated carbocycles. The summed E-state index contributed by atoms with van der Waals surface area (Å²) >= 11 is 1.51. The first-order valence-electron chi connectivity index (χ1n) is 6.65. The summed E-state index contributed by atoms with van der Waals surface area (Å²) in [6, 6.07) is 14.9. The zero-order valence-corrected chi connectivity index (χ0v) is 12.9. The van der Waals surface area contributed by atoms with E-state index in [4.69, 9.17) is 0 Å². The fourth-order valence-corrected chi connectivity index (χ4v) is 2.70. The normalized spacial score (nSPS) is 10.2. The van der Waals surface area contributed by atoms with Crippen LogP contribution in [0, 0.1) is 6.92 Å². The van der Waals surface area contributed by atoms with Crippen LogP contribution in [-0.4, -0.2) is 17.4 Å². The van der Waals surface area contributed by atoms with Gasteiger partial charge in [0.05, 0.1) is 5.75 Å². The van der Waals surface area contributed by atoms with Gasteiger partial charge in [0.2, 0.25) is 5.91 Å². The molecule has 0 aliphatic rings. The molecule has 0 saturated heterocycles. The zero-order valence-electron chi connectivity index (χ0n) is 12.1. The molecule has 2 aromatic carbocycles. The summed E-state index contributed by atoms with van der Waals surface area (Å²) < 4.78 is 0. The Labute approximate surface area is 128 Å². The second-order valence-electron chi connectivity index (χ2n) is 4.74. The number of rotatable bonds is 5. The molecule has 0 heterocycles. The fourth-order valence-electron chi connectivity index (χ4n) is 1.87. The molecule has 4 heteroatoms. The summed E-state index contributed by atoms with van der Waals surface area (Å²) in [6.45, 7) is 3.53. The van der Waals surface area contributed by atoms with Gasteiger partial charge in [-0.2, -0.15) is 0 Å². The molecule has 21 heavy (non-hydrogen) atoms. The van der Waals surface area contributed by atoms with Gasteiger partial charge in [0.15, 0.2) is 5.78 Å². The van der Waals surface area contributed by atoms with Gasteiger partial charge in [0.25, 0.3) is 0 Å². The minimum absolute atomic E-state index is 0.0135. The van der Waals surface area contributed by atoms with Gasteiger partial charge in [-0.25, -0.2) is 0 Å². The quantitative estimate of drug-likeness (QED) is 0.672. The highest BCUT2D eigenvalue weighted by Crippen LogP contribution is 2.22.